The van der Waals surface area contributed by atoms with Gasteiger partial charge in [-0.15, -0.1) is 0 Å². The fraction of sp³-hybridized carbons (Fsp3) is 0. The second-order valence-electron chi connectivity index (χ2n) is 0. The van der Waals surface area contributed by atoms with Gasteiger partial charge in [-0.1, -0.05) is 0 Å². The third-order valence-corrected chi connectivity index (χ3v) is 0. The van der Waals surface area contributed by atoms with Gasteiger partial charge in [-0.25, -0.2) is 0 Å². The first kappa shape index (κ1) is 8060. The Morgan fingerprint density at radius 1 is 0.222 bits per heavy atom. The van der Waals surface area contributed by atoms with Gasteiger partial charge in [0.15, 0.2) is 0 Å². The van der Waals surface area contributed by atoms with E-state index in [9.17, 15) is 0 Å². The van der Waals surface area contributed by atoms with Crippen LogP contribution in [-0.4, -0.2) is 52.2 Å². The second-order valence-corrected chi connectivity index (χ2v) is 0. The molecule has 4 radical (unpaired) electrons. The minimum Gasteiger partial charge on any atom is -1.00 e. The molecule has 0 atom stereocenters. The summed E-state index contributed by atoms with van der Waals surface area (Å²) in [5.41, 5.74) is 0. The van der Waals surface area contributed by atoms with E-state index in [0.29, 0.717) is 0 Å². The van der Waals surface area contributed by atoms with Crippen LogP contribution >= 0.6 is 0 Å². The molecule has 0 bridgehead atoms. The first-order chi connectivity index (χ1) is 0. The quantitative estimate of drug-likeness (QED) is 0.295. The van der Waals surface area contributed by atoms with Gasteiger partial charge in [-0.2, -0.15) is 0 Å². The van der Waals surface area contributed by atoms with Crippen molar-refractivity contribution in [1.29, 1.82) is 0 Å². The van der Waals surface area contributed by atoms with Crippen LogP contribution in [0.15, 0.2) is 0 Å². The molecule has 0 aliphatic heterocycles. The molecular weight excluding hydrogens is 139 g/mol. The maximum absolute atomic E-state index is 0. The molecule has 0 aromatic carbocycles. The lowest BCUT2D eigenvalue weighted by atomic mass is 10.8. The summed E-state index contributed by atoms with van der Waals surface area (Å²) in [6.45, 7) is 0. The fourth-order valence-electron chi connectivity index (χ4n) is 0. The van der Waals surface area contributed by atoms with Gasteiger partial charge in [0.2, 0.25) is 0 Å². The van der Waals surface area contributed by atoms with Crippen molar-refractivity contribution in [2.75, 3.05) is 0 Å². The highest BCUT2D eigenvalue weighted by atomic mass is 16.0. The van der Waals surface area contributed by atoms with Crippen LogP contribution in [0.3, 0.4) is 0 Å². The molecule has 9 heavy (non-hydrogen) atoms. The third-order valence-electron chi connectivity index (χ3n) is 0. The molecule has 0 heterocycles. The molecule has 0 aliphatic rings. The minimum absolute atomic E-state index is 0. The van der Waals surface area contributed by atoms with E-state index in [1.54, 1.807) is 0 Å². The molecule has 0 aromatic heterocycles. The molecule has 0 saturated heterocycles. The van der Waals surface area contributed by atoms with Gasteiger partial charge in [0.1, 0.15) is 0 Å². The van der Waals surface area contributed by atoms with E-state index in [2.05, 4.69) is 0 Å². The highest BCUT2D eigenvalue weighted by molar-refractivity contribution is 5.75. The summed E-state index contributed by atoms with van der Waals surface area (Å²) >= 11 is 0. The van der Waals surface area contributed by atoms with E-state index in [4.69, 9.17) is 0 Å². The molecular formula is H16BO8-. The number of hydrogen-bond acceptors (Lipinski definition) is 0. The van der Waals surface area contributed by atoms with Crippen molar-refractivity contribution in [3.8, 4) is 0 Å². The Kier molecular flexibility index (Phi) is 4850000. The molecule has 0 unspecified atom stereocenters. The highest BCUT2D eigenvalue weighted by Gasteiger charge is -0.404. The van der Waals surface area contributed by atoms with Crippen LogP contribution in [0.1, 0.15) is 0 Å². The zero-order valence-corrected chi connectivity index (χ0v) is 4.58. The van der Waals surface area contributed by atoms with Crippen molar-refractivity contribution in [3.63, 3.8) is 0 Å². The Hall–Kier alpha value is -0.255. The molecule has 8 nitrogen and oxygen atoms in total. The summed E-state index contributed by atoms with van der Waals surface area (Å²) < 4.78 is 0. The third kappa shape index (κ3) is 3930. The molecule has 0 aliphatic carbocycles. The summed E-state index contributed by atoms with van der Waals surface area (Å²) in [5, 5.41) is 0. The molecule has 9 heteroatoms. The smallest absolute Gasteiger partial charge is 0.412 e. The van der Waals surface area contributed by atoms with E-state index in [1.807, 2.05) is 0 Å². The number of rotatable bonds is 0. The lowest BCUT2D eigenvalue weighted by Crippen LogP contribution is -0.381. The molecule has 68 valence electrons. The van der Waals surface area contributed by atoms with Gasteiger partial charge in [0.05, 0.1) is 0 Å². The van der Waals surface area contributed by atoms with Crippen LogP contribution in [0, 0.1) is 0 Å². The van der Waals surface area contributed by atoms with E-state index in [-0.39, 0.29) is 52.2 Å². The van der Waals surface area contributed by atoms with Gasteiger partial charge in [0.25, 0.3) is 0 Å². The molecule has 16 N–H and O–H groups in total. The number of hydrogen-bond donors (Lipinski definition) is 0. The van der Waals surface area contributed by atoms with E-state index < -0.39 is 0 Å². The molecule has 0 aromatic rings. The maximum atomic E-state index is 0. The van der Waals surface area contributed by atoms with Crippen molar-refractivity contribution in [3.05, 3.63) is 0 Å². The summed E-state index contributed by atoms with van der Waals surface area (Å²) in [7, 11) is 0. The molecule has 0 fully saturated rings. The first-order valence-electron chi connectivity index (χ1n) is 0. The van der Waals surface area contributed by atoms with Crippen molar-refractivity contribution in [1.82, 2.24) is 0 Å². The van der Waals surface area contributed by atoms with Crippen molar-refractivity contribution in [2.45, 2.75) is 0 Å². The van der Waals surface area contributed by atoms with Gasteiger partial charge in [0, 0.05) is 0 Å². The fourth-order valence-corrected chi connectivity index (χ4v) is 0. The van der Waals surface area contributed by atoms with Gasteiger partial charge in [-0.05, 0) is 0 Å². The van der Waals surface area contributed by atoms with Crippen molar-refractivity contribution in [2.24, 2.45) is 0 Å². The Labute approximate surface area is 53.5 Å². The van der Waals surface area contributed by atoms with Crippen LogP contribution in [0.4, 0.5) is 0 Å². The van der Waals surface area contributed by atoms with E-state index in [0.717, 1.165) is 0 Å². The zero-order chi connectivity index (χ0) is 0. The van der Waals surface area contributed by atoms with E-state index >= 15 is 0 Å². The summed E-state index contributed by atoms with van der Waals surface area (Å²) in [6, 6.07) is 0. The van der Waals surface area contributed by atoms with Crippen LogP contribution in [0.2, 0.25) is 0 Å². The van der Waals surface area contributed by atoms with Crippen molar-refractivity contribution >= 4 is 8.41 Å². The Bertz CT molecular complexity index is 4.53. The van der Waals surface area contributed by atoms with Crippen LogP contribution < -0.4 is 0 Å². The Morgan fingerprint density at radius 2 is 0.222 bits per heavy atom. The normalized spacial score (nSPS) is 0. The maximum Gasteiger partial charge on any atom is -0.412 e. The van der Waals surface area contributed by atoms with Gasteiger partial charge < -0.3 is 52.2 Å². The summed E-state index contributed by atoms with van der Waals surface area (Å²) in [6.07, 6.45) is 0. The first-order valence-corrected chi connectivity index (χ1v) is 0. The Balaban J connectivity index is 0. The molecule has 0 amide bonds. The standard InChI is InChI=1S/B.8H2O/h;8*1H2/q-1;;;;;;;;. The van der Waals surface area contributed by atoms with Crippen LogP contribution in [0.25, 0.3) is 0 Å². The lowest BCUT2D eigenvalue weighted by molar-refractivity contribution is 0.823. The van der Waals surface area contributed by atoms with Gasteiger partial charge >= 0.3 is 0 Å². The second kappa shape index (κ2) is 5420. The Morgan fingerprint density at radius 3 is 0.222 bits per heavy atom. The average molecular weight is 155 g/mol. The minimum atomic E-state index is 0. The predicted molar refractivity (Wildman–Crippen MR) is 34.7 cm³/mol. The van der Waals surface area contributed by atoms with Gasteiger partial charge in [-0.3, -0.25) is 0 Å². The topological polar surface area (TPSA) is 252 Å². The monoisotopic (exact) mass is 155 g/mol. The molecule has 0 spiro atoms. The summed E-state index contributed by atoms with van der Waals surface area (Å²) in [5.74, 6) is 0. The predicted octanol–water partition coefficient (Wildman–Crippen LogP) is -6.98. The van der Waals surface area contributed by atoms with Crippen LogP contribution in [0.5, 0.6) is 0 Å². The van der Waals surface area contributed by atoms with E-state index in [1.165, 1.54) is 0 Å². The highest BCUT2D eigenvalue weighted by Crippen LogP contribution is -0.282. The average Bonchev–Trinajstić information content (AvgIpc) is 0. The molecule has 0 rings (SSSR count). The van der Waals surface area contributed by atoms with Crippen LogP contribution in [-0.2, 0) is 0 Å². The zero-order valence-electron chi connectivity index (χ0n) is 4.58. The molecule has 0 saturated carbocycles. The van der Waals surface area contributed by atoms with Crippen molar-refractivity contribution < 1.29 is 43.8 Å². The summed E-state index contributed by atoms with van der Waals surface area (Å²) in [4.78, 5) is 0. The largest absolute Gasteiger partial charge is 1.00 e. The SMILES string of the molecule is O.O.O.O.O.O.O.O.[B-]. The lowest BCUT2D eigenvalue weighted by Gasteiger charge is -1.00.